The molecule has 0 atom stereocenters. The summed E-state index contributed by atoms with van der Waals surface area (Å²) in [5.41, 5.74) is 1.72. The first-order valence-corrected chi connectivity index (χ1v) is 8.17. The number of thioether (sulfide) groups is 1. The first-order chi connectivity index (χ1) is 11.6. The lowest BCUT2D eigenvalue weighted by Gasteiger charge is -2.12. The van der Waals surface area contributed by atoms with Crippen LogP contribution in [-0.2, 0) is 11.3 Å². The van der Waals surface area contributed by atoms with E-state index in [1.807, 2.05) is 36.4 Å². The van der Waals surface area contributed by atoms with Gasteiger partial charge in [0.1, 0.15) is 5.82 Å². The van der Waals surface area contributed by atoms with E-state index in [0.29, 0.717) is 10.5 Å². The molecule has 0 aliphatic carbocycles. The Kier molecular flexibility index (Phi) is 4.91. The van der Waals surface area contributed by atoms with Gasteiger partial charge in [0.25, 0.3) is 11.1 Å². The first kappa shape index (κ1) is 16.2. The van der Waals surface area contributed by atoms with Crippen LogP contribution in [0.2, 0.25) is 0 Å². The highest BCUT2D eigenvalue weighted by atomic mass is 32.2. The Labute approximate surface area is 143 Å². The van der Waals surface area contributed by atoms with Gasteiger partial charge < -0.3 is 0 Å². The number of nitrogens with zero attached hydrogens (tertiary/aromatic N) is 1. The average molecular weight is 339 g/mol. The molecule has 120 valence electrons. The number of rotatable bonds is 4. The van der Waals surface area contributed by atoms with Crippen molar-refractivity contribution in [3.63, 3.8) is 0 Å². The number of carbonyl (C=O) groups excluding carboxylic acids is 2. The van der Waals surface area contributed by atoms with Crippen molar-refractivity contribution in [1.82, 2.24) is 4.90 Å². The summed E-state index contributed by atoms with van der Waals surface area (Å²) < 4.78 is 12.9. The number of carbonyl (C=O) groups is 2. The van der Waals surface area contributed by atoms with Crippen LogP contribution in [0.5, 0.6) is 0 Å². The van der Waals surface area contributed by atoms with Crippen molar-refractivity contribution in [2.45, 2.75) is 6.54 Å². The second-order valence-electron chi connectivity index (χ2n) is 5.19. The summed E-state index contributed by atoms with van der Waals surface area (Å²) in [5.74, 6) is -0.675. The van der Waals surface area contributed by atoms with Crippen molar-refractivity contribution in [1.29, 1.82) is 0 Å². The fourth-order valence-corrected chi connectivity index (χ4v) is 3.02. The molecule has 0 bridgehead atoms. The van der Waals surface area contributed by atoms with E-state index in [2.05, 4.69) is 0 Å². The molecule has 1 aliphatic rings. The quantitative estimate of drug-likeness (QED) is 0.763. The summed E-state index contributed by atoms with van der Waals surface area (Å²) in [5, 5.41) is -0.316. The molecule has 1 heterocycles. The highest BCUT2D eigenvalue weighted by molar-refractivity contribution is 8.18. The van der Waals surface area contributed by atoms with Crippen LogP contribution in [0, 0.1) is 5.82 Å². The predicted octanol–water partition coefficient (Wildman–Crippen LogP) is 4.62. The molecule has 0 radical (unpaired) electrons. The molecule has 1 aliphatic heterocycles. The number of allylic oxidation sites excluding steroid dienone is 2. The summed E-state index contributed by atoms with van der Waals surface area (Å²) in [6.45, 7) is 0.144. The van der Waals surface area contributed by atoms with Gasteiger partial charge in [-0.3, -0.25) is 14.5 Å². The third-order valence-corrected chi connectivity index (χ3v) is 4.39. The molecule has 3 nitrogen and oxygen atoms in total. The fraction of sp³-hybridized carbons (Fsp3) is 0.0526. The Bertz CT molecular complexity index is 813. The zero-order valence-electron chi connectivity index (χ0n) is 12.7. The van der Waals surface area contributed by atoms with Crippen LogP contribution in [-0.4, -0.2) is 16.0 Å². The van der Waals surface area contributed by atoms with Crippen LogP contribution < -0.4 is 0 Å². The molecule has 5 heteroatoms. The van der Waals surface area contributed by atoms with Crippen LogP contribution in [0.4, 0.5) is 9.18 Å². The van der Waals surface area contributed by atoms with Gasteiger partial charge in [-0.05, 0) is 41.1 Å². The summed E-state index contributed by atoms with van der Waals surface area (Å²) >= 11 is 0.913. The van der Waals surface area contributed by atoms with Gasteiger partial charge in [-0.15, -0.1) is 0 Å². The van der Waals surface area contributed by atoms with E-state index in [4.69, 9.17) is 0 Å². The van der Waals surface area contributed by atoms with Crippen molar-refractivity contribution in [3.05, 3.63) is 88.6 Å². The zero-order chi connectivity index (χ0) is 16.9. The average Bonchev–Trinajstić information content (AvgIpc) is 2.85. The number of halogens is 1. The van der Waals surface area contributed by atoms with E-state index in [1.54, 1.807) is 24.3 Å². The van der Waals surface area contributed by atoms with Crippen LogP contribution in [0.3, 0.4) is 0 Å². The fourth-order valence-electron chi connectivity index (χ4n) is 2.23. The predicted molar refractivity (Wildman–Crippen MR) is 93.5 cm³/mol. The van der Waals surface area contributed by atoms with Crippen LogP contribution in [0.15, 0.2) is 71.7 Å². The molecule has 0 unspecified atom stereocenters. The first-order valence-electron chi connectivity index (χ1n) is 7.35. The summed E-state index contributed by atoms with van der Waals surface area (Å²) in [6, 6.07) is 15.4. The summed E-state index contributed by atoms with van der Waals surface area (Å²) in [4.78, 5) is 25.9. The third kappa shape index (κ3) is 3.81. The van der Waals surface area contributed by atoms with Crippen molar-refractivity contribution in [2.24, 2.45) is 0 Å². The highest BCUT2D eigenvalue weighted by Crippen LogP contribution is 2.31. The zero-order valence-corrected chi connectivity index (χ0v) is 13.5. The van der Waals surface area contributed by atoms with Crippen molar-refractivity contribution in [2.75, 3.05) is 0 Å². The van der Waals surface area contributed by atoms with E-state index < -0.39 is 0 Å². The van der Waals surface area contributed by atoms with Gasteiger partial charge in [0.05, 0.1) is 11.4 Å². The largest absolute Gasteiger partial charge is 0.293 e. The number of hydrogen-bond acceptors (Lipinski definition) is 3. The summed E-state index contributed by atoms with van der Waals surface area (Å²) in [6.07, 6.45) is 5.26. The maximum absolute atomic E-state index is 12.9. The maximum Gasteiger partial charge on any atom is 0.293 e. The molecule has 3 rings (SSSR count). The van der Waals surface area contributed by atoms with E-state index >= 15 is 0 Å². The van der Waals surface area contributed by atoms with Crippen molar-refractivity contribution >= 4 is 29.0 Å². The maximum atomic E-state index is 12.9. The molecule has 0 N–H and O–H groups in total. The molecule has 0 spiro atoms. The Balaban J connectivity index is 1.70. The van der Waals surface area contributed by atoms with Crippen LogP contribution >= 0.6 is 11.8 Å². The van der Waals surface area contributed by atoms with E-state index in [-0.39, 0.29) is 23.5 Å². The Morgan fingerprint density at radius 3 is 2.42 bits per heavy atom. The number of imide groups is 1. The molecular formula is C19H14FNO2S. The van der Waals surface area contributed by atoms with Crippen molar-refractivity contribution < 1.29 is 14.0 Å². The molecule has 0 saturated carbocycles. The highest BCUT2D eigenvalue weighted by Gasteiger charge is 2.34. The minimum absolute atomic E-state index is 0.144. The van der Waals surface area contributed by atoms with Gasteiger partial charge in [0, 0.05) is 0 Å². The molecule has 2 amide bonds. The standard InChI is InChI=1S/C19H14FNO2S/c20-16-11-9-15(10-12-16)13-21-18(22)17(24-19(21)23)8-4-7-14-5-2-1-3-6-14/h1-12H,13H2/b7-4+,17-8+. The smallest absolute Gasteiger partial charge is 0.268 e. The lowest BCUT2D eigenvalue weighted by molar-refractivity contribution is -0.123. The third-order valence-electron chi connectivity index (χ3n) is 3.46. The van der Waals surface area contributed by atoms with Crippen LogP contribution in [0.25, 0.3) is 6.08 Å². The lowest BCUT2D eigenvalue weighted by Crippen LogP contribution is -2.27. The monoisotopic (exact) mass is 339 g/mol. The normalized spacial score (nSPS) is 16.5. The second kappa shape index (κ2) is 7.27. The number of hydrogen-bond donors (Lipinski definition) is 0. The second-order valence-corrected chi connectivity index (χ2v) is 6.18. The van der Waals surface area contributed by atoms with Gasteiger partial charge in [-0.2, -0.15) is 0 Å². The van der Waals surface area contributed by atoms with Gasteiger partial charge in [-0.25, -0.2) is 4.39 Å². The molecule has 1 fully saturated rings. The Morgan fingerprint density at radius 2 is 1.71 bits per heavy atom. The SMILES string of the molecule is O=C1S/C(=C/C=C/c2ccccc2)C(=O)N1Cc1ccc(F)cc1. The van der Waals surface area contributed by atoms with Gasteiger partial charge >= 0.3 is 0 Å². The van der Waals surface area contributed by atoms with E-state index in [9.17, 15) is 14.0 Å². The van der Waals surface area contributed by atoms with Gasteiger partial charge in [0.2, 0.25) is 0 Å². The molecular weight excluding hydrogens is 325 g/mol. The van der Waals surface area contributed by atoms with Crippen LogP contribution in [0.1, 0.15) is 11.1 Å². The summed E-state index contributed by atoms with van der Waals surface area (Å²) in [7, 11) is 0. The molecule has 2 aromatic rings. The topological polar surface area (TPSA) is 37.4 Å². The number of amides is 2. The van der Waals surface area contributed by atoms with E-state index in [0.717, 1.165) is 17.3 Å². The minimum atomic E-state index is -0.348. The lowest BCUT2D eigenvalue weighted by atomic mass is 10.2. The Morgan fingerprint density at radius 1 is 1.00 bits per heavy atom. The minimum Gasteiger partial charge on any atom is -0.268 e. The van der Waals surface area contributed by atoms with E-state index in [1.165, 1.54) is 17.0 Å². The molecule has 0 aromatic heterocycles. The van der Waals surface area contributed by atoms with Crippen molar-refractivity contribution in [3.8, 4) is 0 Å². The molecule has 1 saturated heterocycles. The number of benzene rings is 2. The van der Waals surface area contributed by atoms with Gasteiger partial charge in [0.15, 0.2) is 0 Å². The Hall–Kier alpha value is -2.66. The molecule has 2 aromatic carbocycles. The van der Waals surface area contributed by atoms with Gasteiger partial charge in [-0.1, -0.05) is 54.6 Å². The molecule has 24 heavy (non-hydrogen) atoms.